The average molecular weight is 808 g/mol. The van der Waals surface area contributed by atoms with Crippen molar-refractivity contribution in [2.75, 3.05) is 4.90 Å². The molecule has 302 valence electrons. The monoisotopic (exact) mass is 807 g/mol. The maximum Gasteiger partial charge on any atom is 0.0546 e. The minimum Gasteiger partial charge on any atom is -0.310 e. The Balaban J connectivity index is 1.10. The lowest BCUT2D eigenvalue weighted by Crippen LogP contribution is -2.17. The Morgan fingerprint density at radius 3 is 1.65 bits per heavy atom. The number of allylic oxidation sites excluding steroid dienone is 1. The highest BCUT2D eigenvalue weighted by Crippen LogP contribution is 2.52. The fourth-order valence-electron chi connectivity index (χ4n) is 10.2. The molecule has 0 amide bonds. The van der Waals surface area contributed by atoms with Crippen LogP contribution in [0.15, 0.2) is 218 Å². The molecule has 0 bridgehead atoms. The molecule has 0 saturated heterocycles. The van der Waals surface area contributed by atoms with Gasteiger partial charge in [0.25, 0.3) is 0 Å². The van der Waals surface area contributed by atoms with Crippen LogP contribution in [0, 0.1) is 0 Å². The van der Waals surface area contributed by atoms with Crippen molar-refractivity contribution in [3.8, 4) is 66.8 Å². The van der Waals surface area contributed by atoms with Crippen molar-refractivity contribution in [2.24, 2.45) is 0 Å². The van der Waals surface area contributed by atoms with Gasteiger partial charge in [-0.15, -0.1) is 0 Å². The summed E-state index contributed by atoms with van der Waals surface area (Å²) in [5, 5.41) is 0. The van der Waals surface area contributed by atoms with E-state index in [0.29, 0.717) is 5.92 Å². The molecule has 0 saturated carbocycles. The third kappa shape index (κ3) is 6.91. The van der Waals surface area contributed by atoms with Crippen molar-refractivity contribution in [1.29, 1.82) is 0 Å². The fourth-order valence-corrected chi connectivity index (χ4v) is 10.2. The highest BCUT2D eigenvalue weighted by Gasteiger charge is 2.36. The summed E-state index contributed by atoms with van der Waals surface area (Å²) >= 11 is 0. The molecule has 1 heteroatoms. The smallest absolute Gasteiger partial charge is 0.0546 e. The number of benzene rings is 9. The lowest BCUT2D eigenvalue weighted by atomic mass is 9.82. The van der Waals surface area contributed by atoms with Crippen LogP contribution in [0.3, 0.4) is 0 Å². The van der Waals surface area contributed by atoms with E-state index in [9.17, 15) is 0 Å². The van der Waals surface area contributed by atoms with E-state index >= 15 is 0 Å². The number of hydrogen-bond acceptors (Lipinski definition) is 1. The van der Waals surface area contributed by atoms with Crippen molar-refractivity contribution >= 4 is 23.1 Å². The Hall–Kier alpha value is -7.48. The van der Waals surface area contributed by atoms with E-state index < -0.39 is 0 Å². The molecular weight excluding hydrogens is 759 g/mol. The van der Waals surface area contributed by atoms with Gasteiger partial charge in [0, 0.05) is 22.4 Å². The van der Waals surface area contributed by atoms with Gasteiger partial charge in [-0.05, 0) is 138 Å². The van der Waals surface area contributed by atoms with E-state index in [1.807, 2.05) is 0 Å². The summed E-state index contributed by atoms with van der Waals surface area (Å²) in [5.41, 5.74) is 23.3. The predicted octanol–water partition coefficient (Wildman–Crippen LogP) is 17.3. The Labute approximate surface area is 372 Å². The molecule has 1 nitrogen and oxygen atoms in total. The lowest BCUT2D eigenvalue weighted by molar-refractivity contribution is 0.660. The van der Waals surface area contributed by atoms with Gasteiger partial charge < -0.3 is 4.90 Å². The first-order chi connectivity index (χ1) is 30.9. The van der Waals surface area contributed by atoms with Crippen molar-refractivity contribution in [2.45, 2.75) is 38.5 Å². The van der Waals surface area contributed by atoms with Gasteiger partial charge in [-0.25, -0.2) is 0 Å². The first-order valence-corrected chi connectivity index (χ1v) is 22.3. The number of nitrogens with zero attached hydrogens (tertiary/aromatic N) is 1. The van der Waals surface area contributed by atoms with E-state index in [2.05, 4.69) is 250 Å². The third-order valence-corrected chi connectivity index (χ3v) is 13.5. The highest BCUT2D eigenvalue weighted by molar-refractivity contribution is 5.94. The Kier molecular flexibility index (Phi) is 9.62. The minimum absolute atomic E-state index is 0.145. The number of fused-ring (bicyclic) bond motifs is 4. The second-order valence-electron chi connectivity index (χ2n) is 17.8. The quantitative estimate of drug-likeness (QED) is 0.148. The molecule has 1 unspecified atom stereocenters. The largest absolute Gasteiger partial charge is 0.310 e. The second kappa shape index (κ2) is 15.8. The molecule has 0 spiro atoms. The topological polar surface area (TPSA) is 3.24 Å². The maximum atomic E-state index is 2.48. The lowest BCUT2D eigenvalue weighted by Gasteiger charge is -2.30. The van der Waals surface area contributed by atoms with Gasteiger partial charge >= 0.3 is 0 Å². The summed E-state index contributed by atoms with van der Waals surface area (Å²) in [6.45, 7) is 7.06. The molecule has 1 atom stereocenters. The summed E-state index contributed by atoms with van der Waals surface area (Å²) in [7, 11) is 0. The molecular formula is C62H49N. The van der Waals surface area contributed by atoms with Crippen LogP contribution < -0.4 is 4.90 Å². The summed E-state index contributed by atoms with van der Waals surface area (Å²) in [5.74, 6) is 0.536. The summed E-state index contributed by atoms with van der Waals surface area (Å²) < 4.78 is 0. The number of anilines is 3. The van der Waals surface area contributed by atoms with Crippen LogP contribution in [0.5, 0.6) is 0 Å². The molecule has 0 aromatic heterocycles. The van der Waals surface area contributed by atoms with Gasteiger partial charge in [-0.2, -0.15) is 0 Å². The molecule has 11 rings (SSSR count). The fraction of sp³-hybridized carbons (Fsp3) is 0.0968. The second-order valence-corrected chi connectivity index (χ2v) is 17.8. The van der Waals surface area contributed by atoms with Crippen LogP contribution in [-0.4, -0.2) is 0 Å². The van der Waals surface area contributed by atoms with Crippen LogP contribution in [-0.2, 0) is 5.41 Å². The Bertz CT molecular complexity index is 3170. The normalized spacial score (nSPS) is 14.4. The number of rotatable bonds is 8. The molecule has 2 aliphatic carbocycles. The van der Waals surface area contributed by atoms with Crippen molar-refractivity contribution < 1.29 is 0 Å². The van der Waals surface area contributed by atoms with Crippen LogP contribution in [0.2, 0.25) is 0 Å². The van der Waals surface area contributed by atoms with Crippen molar-refractivity contribution in [3.05, 3.63) is 241 Å². The van der Waals surface area contributed by atoms with Crippen LogP contribution in [0.1, 0.15) is 55.4 Å². The number of hydrogen-bond donors (Lipinski definition) is 0. The summed E-state index contributed by atoms with van der Waals surface area (Å²) in [6, 6.07) is 78.6. The minimum atomic E-state index is -0.145. The van der Waals surface area contributed by atoms with E-state index in [0.717, 1.165) is 29.0 Å². The third-order valence-electron chi connectivity index (χ3n) is 13.5. The molecule has 0 radical (unpaired) electrons. The molecule has 0 fully saturated rings. The zero-order valence-electron chi connectivity index (χ0n) is 36.1. The maximum absolute atomic E-state index is 2.48. The molecule has 2 aliphatic rings. The first-order valence-electron chi connectivity index (χ1n) is 22.3. The molecule has 0 heterocycles. The standard InChI is InChI=1S/C62H49N/c1-42-16-14-21-47-38-50(31-35-53(42)47)55-25-11-10-24-54(55)48-22-15-23-49(39-48)56-36-30-46(44-19-8-5-9-20-44)40-61(56)63(51-32-28-45(29-33-51)43-17-6-4-7-18-43)52-34-37-58-57-26-12-13-27-59(57)62(2,3)60(58)41-52/h4-15,17-42H,16H2,1-3H3. The molecule has 9 aromatic carbocycles. The SMILES string of the molecule is CC1CC=Cc2cc(-c3ccccc3-c3cccc(-c4ccc(-c5ccccc5)cc4N(c4ccc(-c5ccccc5)cc4)c4ccc5c(c4)C(C)(C)c4ccccc4-5)c3)ccc21. The van der Waals surface area contributed by atoms with Gasteiger partial charge in [0.05, 0.1) is 5.69 Å². The Morgan fingerprint density at radius 2 is 0.921 bits per heavy atom. The molecule has 9 aromatic rings. The van der Waals surface area contributed by atoms with Crippen molar-refractivity contribution in [1.82, 2.24) is 0 Å². The first kappa shape index (κ1) is 38.4. The zero-order valence-corrected chi connectivity index (χ0v) is 36.1. The van der Waals surface area contributed by atoms with Crippen LogP contribution in [0.4, 0.5) is 17.1 Å². The highest BCUT2D eigenvalue weighted by atomic mass is 15.1. The van der Waals surface area contributed by atoms with Gasteiger partial charge in [0.15, 0.2) is 0 Å². The predicted molar refractivity (Wildman–Crippen MR) is 268 cm³/mol. The van der Waals surface area contributed by atoms with Gasteiger partial charge in [-0.3, -0.25) is 0 Å². The van der Waals surface area contributed by atoms with Crippen LogP contribution in [0.25, 0.3) is 72.8 Å². The van der Waals surface area contributed by atoms with E-state index in [1.165, 1.54) is 83.5 Å². The molecule has 0 N–H and O–H groups in total. The summed E-state index contributed by atoms with van der Waals surface area (Å²) in [6.07, 6.45) is 5.71. The van der Waals surface area contributed by atoms with Crippen LogP contribution >= 0.6 is 0 Å². The van der Waals surface area contributed by atoms with E-state index in [1.54, 1.807) is 0 Å². The van der Waals surface area contributed by atoms with Gasteiger partial charge in [0.1, 0.15) is 0 Å². The average Bonchev–Trinajstić information content (AvgIpc) is 3.57. The summed E-state index contributed by atoms with van der Waals surface area (Å²) in [4.78, 5) is 2.48. The van der Waals surface area contributed by atoms with Gasteiger partial charge in [-0.1, -0.05) is 203 Å². The van der Waals surface area contributed by atoms with Crippen molar-refractivity contribution in [3.63, 3.8) is 0 Å². The van der Waals surface area contributed by atoms with E-state index in [-0.39, 0.29) is 5.41 Å². The Morgan fingerprint density at radius 1 is 0.397 bits per heavy atom. The van der Waals surface area contributed by atoms with E-state index in [4.69, 9.17) is 0 Å². The van der Waals surface area contributed by atoms with Gasteiger partial charge in [0.2, 0.25) is 0 Å². The zero-order chi connectivity index (χ0) is 42.5. The molecule has 63 heavy (non-hydrogen) atoms. The molecule has 0 aliphatic heterocycles.